The Kier molecular flexibility index (Phi) is 8.96. The highest BCUT2D eigenvalue weighted by atomic mass is 32.2. The van der Waals surface area contributed by atoms with Crippen LogP contribution in [0.3, 0.4) is 0 Å². The van der Waals surface area contributed by atoms with Gasteiger partial charge in [-0.2, -0.15) is 4.99 Å². The smallest absolute Gasteiger partial charge is 0.326 e. The van der Waals surface area contributed by atoms with Gasteiger partial charge in [-0.25, -0.2) is 0 Å². The van der Waals surface area contributed by atoms with Gasteiger partial charge in [0.25, 0.3) is 5.91 Å². The molecule has 1 saturated heterocycles. The maximum Gasteiger partial charge on any atom is 0.326 e. The number of ether oxygens (including phenoxy) is 2. The van der Waals surface area contributed by atoms with E-state index in [1.807, 2.05) is 17.0 Å². The third kappa shape index (κ3) is 6.83. The predicted molar refractivity (Wildman–Crippen MR) is 130 cm³/mol. The maximum absolute atomic E-state index is 12.6. The predicted octanol–water partition coefficient (Wildman–Crippen LogP) is 2.94. The number of carbonyl (C=O) groups is 3. The van der Waals surface area contributed by atoms with Crippen molar-refractivity contribution in [3.8, 4) is 5.75 Å². The first-order chi connectivity index (χ1) is 15.8. The molecule has 2 atom stereocenters. The number of aromatic nitrogens is 1. The van der Waals surface area contributed by atoms with Gasteiger partial charge in [-0.3, -0.25) is 14.4 Å². The first kappa shape index (κ1) is 25.3. The van der Waals surface area contributed by atoms with E-state index in [0.29, 0.717) is 22.4 Å². The van der Waals surface area contributed by atoms with Crippen LogP contribution in [-0.2, 0) is 25.7 Å². The van der Waals surface area contributed by atoms with Crippen molar-refractivity contribution in [2.24, 2.45) is 16.8 Å². The van der Waals surface area contributed by atoms with Crippen LogP contribution in [-0.4, -0.2) is 65.6 Å². The molecule has 2 amide bonds. The average Bonchev–Trinajstić information content (AvgIpc) is 3.08. The van der Waals surface area contributed by atoms with E-state index in [1.165, 1.54) is 23.1 Å². The van der Waals surface area contributed by atoms with Gasteiger partial charge < -0.3 is 18.9 Å². The lowest BCUT2D eigenvalue weighted by atomic mass is 9.92. The van der Waals surface area contributed by atoms with Gasteiger partial charge in [-0.1, -0.05) is 25.2 Å². The molecule has 0 N–H and O–H groups in total. The maximum atomic E-state index is 12.6. The van der Waals surface area contributed by atoms with Crippen molar-refractivity contribution in [1.82, 2.24) is 9.47 Å². The summed E-state index contributed by atoms with van der Waals surface area (Å²) < 4.78 is 12.9. The Bertz CT molecular complexity index is 1070. The van der Waals surface area contributed by atoms with E-state index < -0.39 is 5.97 Å². The molecule has 1 aromatic carbocycles. The van der Waals surface area contributed by atoms with Gasteiger partial charge >= 0.3 is 5.97 Å². The fourth-order valence-corrected chi connectivity index (χ4v) is 5.85. The number of methoxy groups -OCH3 is 1. The number of benzene rings is 1. The number of esters is 1. The second-order valence-electron chi connectivity index (χ2n) is 8.35. The molecule has 2 heterocycles. The molecule has 0 radical (unpaired) electrons. The molecule has 0 saturated carbocycles. The van der Waals surface area contributed by atoms with Crippen LogP contribution >= 0.6 is 23.1 Å². The zero-order chi connectivity index (χ0) is 24.0. The Morgan fingerprint density at radius 3 is 2.58 bits per heavy atom. The standard InChI is InChI=1S/C23H31N3O5S2/c1-5-31-22(29)12-26-18-7-6-17(30-4)9-19(18)33-23(26)24-20(27)13-32-14-21(28)25-10-15(2)8-16(3)11-25/h6-7,9,15-16H,5,8,10-14H2,1-4H3. The number of carbonyl (C=O) groups excluding carboxylic acids is 3. The first-order valence-electron chi connectivity index (χ1n) is 11.1. The van der Waals surface area contributed by atoms with Crippen LogP contribution in [0.5, 0.6) is 5.75 Å². The number of nitrogens with zero attached hydrogens (tertiary/aromatic N) is 3. The number of amides is 2. The summed E-state index contributed by atoms with van der Waals surface area (Å²) in [6.45, 7) is 7.87. The lowest BCUT2D eigenvalue weighted by Gasteiger charge is -2.35. The summed E-state index contributed by atoms with van der Waals surface area (Å²) in [6.07, 6.45) is 1.14. The highest BCUT2D eigenvalue weighted by Gasteiger charge is 2.25. The minimum atomic E-state index is -0.396. The van der Waals surface area contributed by atoms with Crippen molar-refractivity contribution in [2.45, 2.75) is 33.7 Å². The van der Waals surface area contributed by atoms with E-state index in [0.717, 1.165) is 29.7 Å². The van der Waals surface area contributed by atoms with Crippen LogP contribution in [0.4, 0.5) is 0 Å². The summed E-state index contributed by atoms with van der Waals surface area (Å²) in [5.41, 5.74) is 0.775. The largest absolute Gasteiger partial charge is 0.497 e. The van der Waals surface area contributed by atoms with E-state index in [-0.39, 0.29) is 36.5 Å². The van der Waals surface area contributed by atoms with Crippen molar-refractivity contribution in [3.63, 3.8) is 0 Å². The van der Waals surface area contributed by atoms with E-state index in [2.05, 4.69) is 18.8 Å². The zero-order valence-corrected chi connectivity index (χ0v) is 21.2. The van der Waals surface area contributed by atoms with Crippen LogP contribution in [0, 0.1) is 11.8 Å². The Morgan fingerprint density at radius 1 is 1.18 bits per heavy atom. The molecule has 1 aromatic heterocycles. The monoisotopic (exact) mass is 493 g/mol. The van der Waals surface area contributed by atoms with Crippen molar-refractivity contribution in [2.75, 3.05) is 38.3 Å². The molecule has 10 heteroatoms. The van der Waals surface area contributed by atoms with Gasteiger partial charge in [0.15, 0.2) is 4.80 Å². The summed E-state index contributed by atoms with van der Waals surface area (Å²) in [6, 6.07) is 5.48. The van der Waals surface area contributed by atoms with Gasteiger partial charge in [0.05, 0.1) is 35.4 Å². The lowest BCUT2D eigenvalue weighted by molar-refractivity contribution is -0.143. The molecule has 0 spiro atoms. The Hall–Kier alpha value is -2.33. The molecule has 8 nitrogen and oxygen atoms in total. The van der Waals surface area contributed by atoms with Crippen molar-refractivity contribution in [3.05, 3.63) is 23.0 Å². The van der Waals surface area contributed by atoms with Crippen LogP contribution in [0.15, 0.2) is 23.2 Å². The highest BCUT2D eigenvalue weighted by molar-refractivity contribution is 8.00. The topological polar surface area (TPSA) is 90.2 Å². The second kappa shape index (κ2) is 11.7. The summed E-state index contributed by atoms with van der Waals surface area (Å²) in [7, 11) is 1.58. The van der Waals surface area contributed by atoms with Crippen LogP contribution in [0.1, 0.15) is 27.2 Å². The third-order valence-electron chi connectivity index (χ3n) is 5.38. The molecule has 180 valence electrons. The van der Waals surface area contributed by atoms with Gasteiger partial charge in [0.2, 0.25) is 5.91 Å². The van der Waals surface area contributed by atoms with E-state index in [1.54, 1.807) is 24.7 Å². The molecule has 3 rings (SSSR count). The SMILES string of the molecule is CCOC(=O)Cn1c(=NC(=O)CSCC(=O)N2CC(C)CC(C)C2)sc2cc(OC)ccc21. The molecule has 1 fully saturated rings. The fourth-order valence-electron chi connectivity index (χ4n) is 4.08. The molecule has 1 aliphatic heterocycles. The number of hydrogen-bond acceptors (Lipinski definition) is 7. The minimum Gasteiger partial charge on any atom is -0.497 e. The van der Waals surface area contributed by atoms with Gasteiger partial charge in [0.1, 0.15) is 12.3 Å². The van der Waals surface area contributed by atoms with E-state index >= 15 is 0 Å². The van der Waals surface area contributed by atoms with E-state index in [9.17, 15) is 14.4 Å². The Balaban J connectivity index is 1.71. The Labute approximate surface area is 202 Å². The van der Waals surface area contributed by atoms with Crippen molar-refractivity contribution < 1.29 is 23.9 Å². The molecule has 0 aliphatic carbocycles. The summed E-state index contributed by atoms with van der Waals surface area (Å²) >= 11 is 2.58. The van der Waals surface area contributed by atoms with Crippen LogP contribution in [0.2, 0.25) is 0 Å². The van der Waals surface area contributed by atoms with Crippen LogP contribution in [0.25, 0.3) is 10.2 Å². The molecule has 2 aromatic rings. The van der Waals surface area contributed by atoms with E-state index in [4.69, 9.17) is 9.47 Å². The summed E-state index contributed by atoms with van der Waals surface area (Å²) in [5.74, 6) is 1.37. The quantitative estimate of drug-likeness (QED) is 0.525. The summed E-state index contributed by atoms with van der Waals surface area (Å²) in [5, 5.41) is 0. The third-order valence-corrected chi connectivity index (χ3v) is 7.32. The molecule has 33 heavy (non-hydrogen) atoms. The highest BCUT2D eigenvalue weighted by Crippen LogP contribution is 2.24. The Morgan fingerprint density at radius 2 is 1.91 bits per heavy atom. The molecular formula is C23H31N3O5S2. The summed E-state index contributed by atoms with van der Waals surface area (Å²) in [4.78, 5) is 43.8. The van der Waals surface area contributed by atoms with Gasteiger partial charge in [-0.05, 0) is 43.4 Å². The number of likely N-dealkylation sites (tertiary alicyclic amines) is 1. The minimum absolute atomic E-state index is 0.0385. The number of hydrogen-bond donors (Lipinski definition) is 0. The molecule has 1 aliphatic rings. The number of thioether (sulfide) groups is 1. The van der Waals surface area contributed by atoms with Crippen LogP contribution < -0.4 is 9.54 Å². The number of rotatable bonds is 8. The van der Waals surface area contributed by atoms with Gasteiger partial charge in [0, 0.05) is 13.1 Å². The van der Waals surface area contributed by atoms with Crippen molar-refractivity contribution >= 4 is 51.1 Å². The average molecular weight is 494 g/mol. The van der Waals surface area contributed by atoms with Gasteiger partial charge in [-0.15, -0.1) is 11.8 Å². The first-order valence-corrected chi connectivity index (χ1v) is 13.0. The molecular weight excluding hydrogens is 462 g/mol. The number of piperidine rings is 1. The number of thiazole rings is 1. The number of fused-ring (bicyclic) bond motifs is 1. The molecule has 0 bridgehead atoms. The normalized spacial score (nSPS) is 19.0. The lowest BCUT2D eigenvalue weighted by Crippen LogP contribution is -2.43. The molecule has 2 unspecified atom stereocenters. The fraction of sp³-hybridized carbons (Fsp3) is 0.565. The van der Waals surface area contributed by atoms with Crippen molar-refractivity contribution in [1.29, 1.82) is 0 Å². The second-order valence-corrected chi connectivity index (χ2v) is 10.3. The zero-order valence-electron chi connectivity index (χ0n) is 19.5.